The lowest BCUT2D eigenvalue weighted by Crippen LogP contribution is -2.39. The van der Waals surface area contributed by atoms with Crippen molar-refractivity contribution >= 4 is 33.9 Å². The minimum absolute atomic E-state index is 0.183. The molecule has 0 fully saturated rings. The van der Waals surface area contributed by atoms with Crippen molar-refractivity contribution in [1.29, 1.82) is 0 Å². The number of thiocarbonyl (C=S) groups is 1. The molecule has 0 radical (unpaired) electrons. The van der Waals surface area contributed by atoms with Gasteiger partial charge in [-0.3, -0.25) is 4.79 Å². The third-order valence-electron chi connectivity index (χ3n) is 4.53. The van der Waals surface area contributed by atoms with E-state index in [4.69, 9.17) is 12.2 Å². The van der Waals surface area contributed by atoms with Gasteiger partial charge in [0, 0.05) is 18.8 Å². The monoisotopic (exact) mass is 413 g/mol. The van der Waals surface area contributed by atoms with Crippen LogP contribution in [0.15, 0.2) is 47.3 Å². The highest BCUT2D eigenvalue weighted by Gasteiger charge is 2.14. The molecule has 0 aliphatic rings. The topological polar surface area (TPSA) is 64.3 Å². The van der Waals surface area contributed by atoms with E-state index in [1.165, 1.54) is 6.07 Å². The summed E-state index contributed by atoms with van der Waals surface area (Å²) in [6.45, 7) is 3.41. The van der Waals surface area contributed by atoms with Crippen molar-refractivity contribution < 1.29 is 4.39 Å². The van der Waals surface area contributed by atoms with Gasteiger partial charge in [-0.1, -0.05) is 18.2 Å². The van der Waals surface area contributed by atoms with E-state index in [-0.39, 0.29) is 11.4 Å². The SMILES string of the molecule is Cc1ccc(NC(=S)N(CCN(C)C)Cc2nc3ccccc3c(=O)[nH]2)cc1F. The summed E-state index contributed by atoms with van der Waals surface area (Å²) in [5.74, 6) is 0.227. The minimum Gasteiger partial charge on any atom is -0.340 e. The van der Waals surface area contributed by atoms with E-state index in [1.807, 2.05) is 42.1 Å². The molecule has 6 nitrogen and oxygen atoms in total. The Kier molecular flexibility index (Phi) is 6.56. The quantitative estimate of drug-likeness (QED) is 0.606. The maximum absolute atomic E-state index is 13.9. The van der Waals surface area contributed by atoms with Gasteiger partial charge in [0.15, 0.2) is 5.11 Å². The number of hydrogen-bond acceptors (Lipinski definition) is 4. The van der Waals surface area contributed by atoms with E-state index in [0.29, 0.717) is 46.2 Å². The van der Waals surface area contributed by atoms with Crippen LogP contribution in [0.4, 0.5) is 10.1 Å². The summed E-state index contributed by atoms with van der Waals surface area (Å²) in [6.07, 6.45) is 0. The summed E-state index contributed by atoms with van der Waals surface area (Å²) in [7, 11) is 3.94. The molecule has 0 saturated heterocycles. The second-order valence-electron chi connectivity index (χ2n) is 7.15. The third-order valence-corrected chi connectivity index (χ3v) is 4.89. The van der Waals surface area contributed by atoms with Gasteiger partial charge < -0.3 is 20.1 Å². The Labute approximate surface area is 174 Å². The molecular weight excluding hydrogens is 389 g/mol. The number of nitrogens with one attached hydrogen (secondary N) is 2. The number of benzene rings is 2. The number of hydrogen-bond donors (Lipinski definition) is 2. The predicted octanol–water partition coefficient (Wildman–Crippen LogP) is 3.13. The molecule has 0 spiro atoms. The van der Waals surface area contributed by atoms with Gasteiger partial charge in [-0.25, -0.2) is 9.37 Å². The zero-order chi connectivity index (χ0) is 21.0. The fourth-order valence-electron chi connectivity index (χ4n) is 2.84. The Morgan fingerprint density at radius 2 is 1.97 bits per heavy atom. The van der Waals surface area contributed by atoms with Crippen LogP contribution < -0.4 is 10.9 Å². The summed E-state index contributed by atoms with van der Waals surface area (Å²) < 4.78 is 13.9. The number of para-hydroxylation sites is 1. The van der Waals surface area contributed by atoms with Crippen LogP contribution in [0.1, 0.15) is 11.4 Å². The fourth-order valence-corrected chi connectivity index (χ4v) is 3.11. The molecule has 0 aliphatic carbocycles. The molecule has 0 amide bonds. The van der Waals surface area contributed by atoms with Crippen LogP contribution in [-0.2, 0) is 6.54 Å². The number of anilines is 1. The van der Waals surface area contributed by atoms with Crippen LogP contribution in [-0.4, -0.2) is 52.1 Å². The lowest BCUT2D eigenvalue weighted by atomic mass is 10.2. The molecule has 3 rings (SSSR count). The third kappa shape index (κ3) is 5.36. The number of aromatic amines is 1. The standard InChI is InChI=1S/C21H24FN5OS/c1-14-8-9-15(12-17(14)22)23-21(29)27(11-10-26(2)3)13-19-24-18-7-5-4-6-16(18)20(28)25-19/h4-9,12H,10-11,13H2,1-3H3,(H,23,29)(H,24,25,28). The van der Waals surface area contributed by atoms with Gasteiger partial charge in [-0.15, -0.1) is 0 Å². The second kappa shape index (κ2) is 9.11. The molecular formula is C21H24FN5OS. The van der Waals surface area contributed by atoms with E-state index >= 15 is 0 Å². The molecule has 1 heterocycles. The maximum Gasteiger partial charge on any atom is 0.258 e. The van der Waals surface area contributed by atoms with Gasteiger partial charge in [0.1, 0.15) is 11.6 Å². The van der Waals surface area contributed by atoms with Crippen LogP contribution in [0.3, 0.4) is 0 Å². The van der Waals surface area contributed by atoms with Crippen molar-refractivity contribution in [3.63, 3.8) is 0 Å². The van der Waals surface area contributed by atoms with Crippen LogP contribution >= 0.6 is 12.2 Å². The van der Waals surface area contributed by atoms with Gasteiger partial charge >= 0.3 is 0 Å². The number of fused-ring (bicyclic) bond motifs is 1. The second-order valence-corrected chi connectivity index (χ2v) is 7.54. The average molecular weight is 414 g/mol. The van der Waals surface area contributed by atoms with E-state index in [1.54, 1.807) is 25.1 Å². The molecule has 2 N–H and O–H groups in total. The summed E-state index contributed by atoms with van der Waals surface area (Å²) in [5, 5.41) is 4.07. The number of aryl methyl sites for hydroxylation is 1. The lowest BCUT2D eigenvalue weighted by molar-refractivity contribution is 0.323. The van der Waals surface area contributed by atoms with Gasteiger partial charge in [0.05, 0.1) is 17.4 Å². The van der Waals surface area contributed by atoms with Crippen molar-refractivity contribution in [2.24, 2.45) is 0 Å². The number of rotatable bonds is 6. The summed E-state index contributed by atoms with van der Waals surface area (Å²) in [4.78, 5) is 23.7. The van der Waals surface area contributed by atoms with Gasteiger partial charge in [-0.05, 0) is 63.1 Å². The van der Waals surface area contributed by atoms with Crippen molar-refractivity contribution in [2.45, 2.75) is 13.5 Å². The van der Waals surface area contributed by atoms with Gasteiger partial charge in [0.2, 0.25) is 0 Å². The van der Waals surface area contributed by atoms with E-state index < -0.39 is 0 Å². The molecule has 0 bridgehead atoms. The Balaban J connectivity index is 1.83. The molecule has 0 saturated carbocycles. The van der Waals surface area contributed by atoms with Crippen LogP contribution in [0, 0.1) is 12.7 Å². The fraction of sp³-hybridized carbons (Fsp3) is 0.286. The Bertz CT molecular complexity index is 1080. The number of H-pyrrole nitrogens is 1. The Morgan fingerprint density at radius 3 is 2.69 bits per heavy atom. The molecule has 8 heteroatoms. The minimum atomic E-state index is -0.293. The van der Waals surface area contributed by atoms with Gasteiger partial charge in [-0.2, -0.15) is 0 Å². The lowest BCUT2D eigenvalue weighted by Gasteiger charge is -2.27. The first kappa shape index (κ1) is 20.9. The maximum atomic E-state index is 13.9. The first-order chi connectivity index (χ1) is 13.8. The van der Waals surface area contributed by atoms with Crippen molar-refractivity contribution in [2.75, 3.05) is 32.5 Å². The number of likely N-dealkylation sites (N-methyl/N-ethyl adjacent to an activating group) is 1. The Hall–Kier alpha value is -2.84. The normalized spacial score (nSPS) is 11.1. The van der Waals surface area contributed by atoms with Crippen molar-refractivity contribution in [1.82, 2.24) is 19.8 Å². The molecule has 152 valence electrons. The molecule has 29 heavy (non-hydrogen) atoms. The molecule has 2 aromatic carbocycles. The van der Waals surface area contributed by atoms with Crippen LogP contribution in [0.25, 0.3) is 10.9 Å². The highest BCUT2D eigenvalue weighted by Crippen LogP contribution is 2.15. The largest absolute Gasteiger partial charge is 0.340 e. The summed E-state index contributed by atoms with van der Waals surface area (Å²) in [5.41, 5.74) is 1.60. The summed E-state index contributed by atoms with van der Waals surface area (Å²) in [6, 6.07) is 12.1. The number of halogens is 1. The zero-order valence-electron chi connectivity index (χ0n) is 16.7. The molecule has 3 aromatic rings. The first-order valence-corrected chi connectivity index (χ1v) is 9.69. The van der Waals surface area contributed by atoms with E-state index in [9.17, 15) is 9.18 Å². The molecule has 0 unspecified atom stereocenters. The summed E-state index contributed by atoms with van der Waals surface area (Å²) >= 11 is 5.57. The number of nitrogens with zero attached hydrogens (tertiary/aromatic N) is 3. The van der Waals surface area contributed by atoms with Crippen LogP contribution in [0.5, 0.6) is 0 Å². The van der Waals surface area contributed by atoms with E-state index in [2.05, 4.69) is 15.3 Å². The molecule has 1 aromatic heterocycles. The number of aromatic nitrogens is 2. The highest BCUT2D eigenvalue weighted by molar-refractivity contribution is 7.80. The average Bonchev–Trinajstić information content (AvgIpc) is 2.68. The first-order valence-electron chi connectivity index (χ1n) is 9.28. The zero-order valence-corrected chi connectivity index (χ0v) is 17.5. The molecule has 0 atom stereocenters. The van der Waals surface area contributed by atoms with E-state index in [0.717, 1.165) is 6.54 Å². The van der Waals surface area contributed by atoms with Crippen molar-refractivity contribution in [3.05, 3.63) is 70.0 Å². The van der Waals surface area contributed by atoms with Crippen LogP contribution in [0.2, 0.25) is 0 Å². The smallest absolute Gasteiger partial charge is 0.258 e. The molecule has 0 aliphatic heterocycles. The van der Waals surface area contributed by atoms with Gasteiger partial charge in [0.25, 0.3) is 5.56 Å². The predicted molar refractivity (Wildman–Crippen MR) is 119 cm³/mol. The Morgan fingerprint density at radius 1 is 1.21 bits per heavy atom. The van der Waals surface area contributed by atoms with Crippen molar-refractivity contribution in [3.8, 4) is 0 Å². The highest BCUT2D eigenvalue weighted by atomic mass is 32.1.